The van der Waals surface area contributed by atoms with Gasteiger partial charge in [-0.25, -0.2) is 0 Å². The van der Waals surface area contributed by atoms with Gasteiger partial charge in [-0.2, -0.15) is 0 Å². The van der Waals surface area contributed by atoms with Crippen LogP contribution in [-0.2, 0) is 4.74 Å². The Labute approximate surface area is 149 Å². The second kappa shape index (κ2) is 8.99. The van der Waals surface area contributed by atoms with Crippen LogP contribution >= 0.6 is 0 Å². The minimum atomic E-state index is -0.568. The van der Waals surface area contributed by atoms with Gasteiger partial charge in [0.15, 0.2) is 0 Å². The molecule has 0 aromatic heterocycles. The molecule has 1 saturated heterocycles. The molecule has 0 bridgehead atoms. The van der Waals surface area contributed by atoms with Gasteiger partial charge in [-0.05, 0) is 42.0 Å². The van der Waals surface area contributed by atoms with Crippen molar-refractivity contribution in [3.63, 3.8) is 0 Å². The number of hydrogen-bond acceptors (Lipinski definition) is 4. The van der Waals surface area contributed by atoms with Crippen LogP contribution in [0.25, 0.3) is 0 Å². The van der Waals surface area contributed by atoms with Gasteiger partial charge in [0.1, 0.15) is 5.75 Å². The number of ether oxygens (including phenoxy) is 2. The molecular weight excluding hydrogens is 314 g/mol. The summed E-state index contributed by atoms with van der Waals surface area (Å²) >= 11 is 0. The summed E-state index contributed by atoms with van der Waals surface area (Å²) in [6.45, 7) is 2.20. The van der Waals surface area contributed by atoms with Gasteiger partial charge in [0.05, 0.1) is 13.2 Å². The van der Waals surface area contributed by atoms with Gasteiger partial charge in [-0.1, -0.05) is 42.5 Å². The molecule has 0 radical (unpaired) electrons. The molecular formula is C21H27NO3. The van der Waals surface area contributed by atoms with Crippen LogP contribution in [0.4, 0.5) is 0 Å². The molecule has 3 atom stereocenters. The summed E-state index contributed by atoms with van der Waals surface area (Å²) in [7, 11) is 1.64. The molecule has 4 heteroatoms. The van der Waals surface area contributed by atoms with E-state index in [2.05, 4.69) is 29.6 Å². The van der Waals surface area contributed by atoms with E-state index in [4.69, 9.17) is 9.47 Å². The summed E-state index contributed by atoms with van der Waals surface area (Å²) < 4.78 is 10.8. The van der Waals surface area contributed by atoms with Crippen molar-refractivity contribution in [3.8, 4) is 5.75 Å². The van der Waals surface area contributed by atoms with Crippen molar-refractivity contribution in [2.45, 2.75) is 25.0 Å². The first-order valence-corrected chi connectivity index (χ1v) is 8.94. The lowest BCUT2D eigenvalue weighted by atomic mass is 9.94. The normalized spacial score (nSPS) is 19.5. The van der Waals surface area contributed by atoms with Crippen LogP contribution < -0.4 is 10.1 Å². The largest absolute Gasteiger partial charge is 0.497 e. The minimum absolute atomic E-state index is 0.216. The van der Waals surface area contributed by atoms with Gasteiger partial charge >= 0.3 is 0 Å². The standard InChI is InChI=1S/C21H27NO3/c1-24-19-9-5-8-18(13-19)21(23)14-22-20(12-16-10-11-25-15-16)17-6-3-2-4-7-17/h2-9,13,16,20-23H,10-12,14-15H2,1H3. The highest BCUT2D eigenvalue weighted by Crippen LogP contribution is 2.27. The van der Waals surface area contributed by atoms with Gasteiger partial charge in [0, 0.05) is 25.8 Å². The van der Waals surface area contributed by atoms with E-state index < -0.39 is 6.10 Å². The molecule has 0 spiro atoms. The Morgan fingerprint density at radius 1 is 1.16 bits per heavy atom. The summed E-state index contributed by atoms with van der Waals surface area (Å²) in [6, 6.07) is 18.3. The molecule has 2 aromatic carbocycles. The number of benzene rings is 2. The lowest BCUT2D eigenvalue weighted by molar-refractivity contribution is 0.162. The van der Waals surface area contributed by atoms with Crippen LogP contribution in [-0.4, -0.2) is 32.0 Å². The molecule has 2 aromatic rings. The van der Waals surface area contributed by atoms with Crippen molar-refractivity contribution < 1.29 is 14.6 Å². The van der Waals surface area contributed by atoms with Gasteiger partial charge in [-0.3, -0.25) is 0 Å². The van der Waals surface area contributed by atoms with E-state index in [-0.39, 0.29) is 6.04 Å². The van der Waals surface area contributed by atoms with Crippen LogP contribution in [0.1, 0.15) is 36.1 Å². The summed E-state index contributed by atoms with van der Waals surface area (Å²) in [4.78, 5) is 0. The molecule has 0 saturated carbocycles. The van der Waals surface area contributed by atoms with Crippen molar-refractivity contribution in [2.75, 3.05) is 26.9 Å². The first kappa shape index (κ1) is 17.9. The fourth-order valence-corrected chi connectivity index (χ4v) is 3.35. The van der Waals surface area contributed by atoms with E-state index in [0.717, 1.165) is 37.4 Å². The lowest BCUT2D eigenvalue weighted by Crippen LogP contribution is -2.28. The number of rotatable bonds is 8. The van der Waals surface area contributed by atoms with E-state index >= 15 is 0 Å². The van der Waals surface area contributed by atoms with E-state index in [1.54, 1.807) is 7.11 Å². The van der Waals surface area contributed by atoms with Crippen molar-refractivity contribution in [1.82, 2.24) is 5.32 Å². The Balaban J connectivity index is 1.64. The maximum absolute atomic E-state index is 10.6. The molecule has 2 N–H and O–H groups in total. The second-order valence-corrected chi connectivity index (χ2v) is 6.63. The summed E-state index contributed by atoms with van der Waals surface area (Å²) in [5.41, 5.74) is 2.12. The second-order valence-electron chi connectivity index (χ2n) is 6.63. The predicted molar refractivity (Wildman–Crippen MR) is 98.7 cm³/mol. The Hall–Kier alpha value is -1.88. The highest BCUT2D eigenvalue weighted by molar-refractivity contribution is 5.30. The van der Waals surface area contributed by atoms with Crippen LogP contribution in [0.5, 0.6) is 5.75 Å². The third kappa shape index (κ3) is 5.05. The molecule has 1 heterocycles. The van der Waals surface area contributed by atoms with Crippen molar-refractivity contribution >= 4 is 0 Å². The number of aliphatic hydroxyl groups excluding tert-OH is 1. The Bertz CT molecular complexity index is 641. The van der Waals surface area contributed by atoms with Crippen LogP contribution in [0.2, 0.25) is 0 Å². The zero-order valence-electron chi connectivity index (χ0n) is 14.7. The summed E-state index contributed by atoms with van der Waals surface area (Å²) in [5.74, 6) is 1.34. The third-order valence-corrected chi connectivity index (χ3v) is 4.83. The molecule has 1 aliphatic heterocycles. The zero-order chi connectivity index (χ0) is 17.5. The lowest BCUT2D eigenvalue weighted by Gasteiger charge is -2.24. The fourth-order valence-electron chi connectivity index (χ4n) is 3.35. The maximum atomic E-state index is 10.6. The quantitative estimate of drug-likeness (QED) is 0.772. The molecule has 0 aliphatic carbocycles. The van der Waals surface area contributed by atoms with Gasteiger partial charge in [0.25, 0.3) is 0 Å². The average Bonchev–Trinajstić information content (AvgIpc) is 3.18. The summed E-state index contributed by atoms with van der Waals surface area (Å²) in [6.07, 6.45) is 1.57. The van der Waals surface area contributed by atoms with Gasteiger partial charge < -0.3 is 19.9 Å². The highest BCUT2D eigenvalue weighted by atomic mass is 16.5. The first-order valence-electron chi connectivity index (χ1n) is 8.94. The molecule has 4 nitrogen and oxygen atoms in total. The Kier molecular flexibility index (Phi) is 6.45. The van der Waals surface area contributed by atoms with E-state index in [9.17, 15) is 5.11 Å². The monoisotopic (exact) mass is 341 g/mol. The van der Waals surface area contributed by atoms with E-state index in [1.165, 1.54) is 5.56 Å². The predicted octanol–water partition coefficient (Wildman–Crippen LogP) is 3.49. The Morgan fingerprint density at radius 3 is 2.68 bits per heavy atom. The van der Waals surface area contributed by atoms with E-state index in [0.29, 0.717) is 12.5 Å². The highest BCUT2D eigenvalue weighted by Gasteiger charge is 2.22. The van der Waals surface area contributed by atoms with Crippen LogP contribution in [0, 0.1) is 5.92 Å². The first-order chi connectivity index (χ1) is 12.3. The molecule has 3 unspecified atom stereocenters. The number of methoxy groups -OCH3 is 1. The molecule has 1 aliphatic rings. The number of aliphatic hydroxyl groups is 1. The maximum Gasteiger partial charge on any atom is 0.119 e. The number of nitrogens with one attached hydrogen (secondary N) is 1. The van der Waals surface area contributed by atoms with Crippen LogP contribution in [0.15, 0.2) is 54.6 Å². The number of hydrogen-bond donors (Lipinski definition) is 2. The van der Waals surface area contributed by atoms with Crippen molar-refractivity contribution in [1.29, 1.82) is 0 Å². The molecule has 134 valence electrons. The molecule has 25 heavy (non-hydrogen) atoms. The smallest absolute Gasteiger partial charge is 0.119 e. The average molecular weight is 341 g/mol. The van der Waals surface area contributed by atoms with Gasteiger partial charge in [-0.15, -0.1) is 0 Å². The molecule has 0 amide bonds. The summed E-state index contributed by atoms with van der Waals surface area (Å²) in [5, 5.41) is 14.1. The Morgan fingerprint density at radius 2 is 1.96 bits per heavy atom. The topological polar surface area (TPSA) is 50.7 Å². The molecule has 3 rings (SSSR count). The van der Waals surface area contributed by atoms with Crippen LogP contribution in [0.3, 0.4) is 0 Å². The SMILES string of the molecule is COc1cccc(C(O)CNC(CC2CCOC2)c2ccccc2)c1. The van der Waals surface area contributed by atoms with Crippen molar-refractivity contribution in [3.05, 3.63) is 65.7 Å². The fraction of sp³-hybridized carbons (Fsp3) is 0.429. The van der Waals surface area contributed by atoms with Gasteiger partial charge in [0.2, 0.25) is 0 Å². The minimum Gasteiger partial charge on any atom is -0.497 e. The zero-order valence-corrected chi connectivity index (χ0v) is 14.7. The van der Waals surface area contributed by atoms with E-state index in [1.807, 2.05) is 30.3 Å². The third-order valence-electron chi connectivity index (χ3n) is 4.83. The van der Waals surface area contributed by atoms with Crippen molar-refractivity contribution in [2.24, 2.45) is 5.92 Å². The molecule has 1 fully saturated rings.